The fourth-order valence-corrected chi connectivity index (χ4v) is 7.33. The number of hydrogen-bond donors (Lipinski definition) is 6. The molecular weight excluding hydrogens is 921 g/mol. The smallest absolute Gasteiger partial charge is 0.870 e. The normalized spacial score (nSPS) is 11.8. The number of fused-ring (bicyclic) bond motifs is 1. The zero-order valence-electron chi connectivity index (χ0n) is 35.7. The zero-order chi connectivity index (χ0) is 46.2. The Morgan fingerprint density at radius 2 is 1.14 bits per heavy atom. The van der Waals surface area contributed by atoms with Gasteiger partial charge in [-0.05, 0) is 77.5 Å². The number of aliphatic hydroxyl groups excluding tert-OH is 2. The van der Waals surface area contributed by atoms with E-state index in [0.717, 1.165) is 12.5 Å². The van der Waals surface area contributed by atoms with E-state index in [2.05, 4.69) is 30.7 Å². The van der Waals surface area contributed by atoms with Crippen molar-refractivity contribution in [2.75, 3.05) is 50.2 Å². The van der Waals surface area contributed by atoms with Gasteiger partial charge < -0.3 is 51.3 Å². The Kier molecular flexibility index (Phi) is 18.9. The second kappa shape index (κ2) is 23.4. The van der Waals surface area contributed by atoms with Gasteiger partial charge >= 0.3 is 59.1 Å². The molecule has 0 unspecified atom stereocenters. The number of aliphatic hydroxyl groups is 2. The third-order valence-electron chi connectivity index (χ3n) is 8.96. The molecule has 6 aromatic carbocycles. The van der Waals surface area contributed by atoms with Gasteiger partial charge in [0.15, 0.2) is 0 Å². The van der Waals surface area contributed by atoms with Gasteiger partial charge in [0.1, 0.15) is 68.2 Å². The van der Waals surface area contributed by atoms with E-state index >= 15 is 0 Å². The quantitative estimate of drug-likeness (QED) is 0.0306. The van der Waals surface area contributed by atoms with Crippen LogP contribution in [0, 0.1) is 0 Å². The first kappa shape index (κ1) is 53.3. The van der Waals surface area contributed by atoms with Crippen molar-refractivity contribution in [3.05, 3.63) is 91.0 Å². The van der Waals surface area contributed by atoms with Crippen LogP contribution in [0.1, 0.15) is 13.3 Å². The number of ether oxygens (including phenoxy) is 3. The number of benzene rings is 6. The van der Waals surface area contributed by atoms with Crippen molar-refractivity contribution in [2.24, 2.45) is 30.7 Å². The first-order valence-electron chi connectivity index (χ1n) is 19.0. The van der Waals surface area contributed by atoms with Gasteiger partial charge in [0.2, 0.25) is 0 Å². The summed E-state index contributed by atoms with van der Waals surface area (Å²) in [5.74, 6) is -0.576. The van der Waals surface area contributed by atoms with Crippen LogP contribution in [0.25, 0.3) is 21.9 Å². The Morgan fingerprint density at radius 3 is 1.68 bits per heavy atom. The standard InChI is InChI=1S/C41H41N9O12S2.2Na/c1-2-14-60-32-22-31(27(42)21-28(32)43)48-46-29-10-8-23(17-33(29)61-15-12-51)24-9-11-30(34(18-24)62-16-13-52)47-49-39-35(63(54,55)56)19-25-20-36(64(57,58)59)40(41(53)37(25)38(39)44)50-45-26-6-4-3-5-7-26;;/h3-11,17-22,51-53H,2,12-16,42-44H2,1H3,(H,54,55,56)(H,57,58,59);;/q;2*+1/p-2. The molecule has 0 radical (unpaired) electrons. The third-order valence-corrected chi connectivity index (χ3v) is 10.7. The summed E-state index contributed by atoms with van der Waals surface area (Å²) in [6.45, 7) is 1.30. The van der Waals surface area contributed by atoms with Gasteiger partial charge in [0.25, 0.3) is 10.1 Å². The molecule has 0 aliphatic carbocycles. The van der Waals surface area contributed by atoms with Gasteiger partial charge in [0.05, 0.1) is 53.2 Å². The van der Waals surface area contributed by atoms with Crippen molar-refractivity contribution in [1.29, 1.82) is 0 Å². The molecule has 21 nitrogen and oxygen atoms in total. The van der Waals surface area contributed by atoms with Crippen molar-refractivity contribution in [1.82, 2.24) is 0 Å². The second-order valence-electron chi connectivity index (χ2n) is 13.5. The Morgan fingerprint density at radius 1 is 0.606 bits per heavy atom. The van der Waals surface area contributed by atoms with Crippen LogP contribution in [0.5, 0.6) is 23.0 Å². The van der Waals surface area contributed by atoms with Crippen LogP contribution in [0.2, 0.25) is 0 Å². The van der Waals surface area contributed by atoms with Crippen LogP contribution in [-0.2, 0) is 20.2 Å². The average Bonchev–Trinajstić information content (AvgIpc) is 3.26. The molecule has 0 saturated carbocycles. The molecule has 0 fully saturated rings. The van der Waals surface area contributed by atoms with Crippen LogP contribution in [0.15, 0.2) is 131 Å². The van der Waals surface area contributed by atoms with E-state index in [9.17, 15) is 41.3 Å². The summed E-state index contributed by atoms with van der Waals surface area (Å²) in [5.41, 5.74) is 18.5. The summed E-state index contributed by atoms with van der Waals surface area (Å²) in [7, 11) is -10.6. The number of anilines is 3. The number of nitrogen functional groups attached to an aromatic ring is 3. The number of nitrogens with two attached hydrogens (primary N) is 3. The van der Waals surface area contributed by atoms with Crippen LogP contribution in [0.3, 0.4) is 0 Å². The van der Waals surface area contributed by atoms with Crippen molar-refractivity contribution >= 4 is 82.2 Å². The fourth-order valence-electron chi connectivity index (χ4n) is 6.02. The first-order chi connectivity index (χ1) is 30.5. The molecule has 25 heteroatoms. The van der Waals surface area contributed by atoms with Gasteiger partial charge in [-0.1, -0.05) is 43.0 Å². The largest absolute Gasteiger partial charge is 1.00 e. The number of hydrogen-bond acceptors (Lipinski definition) is 20. The van der Waals surface area contributed by atoms with Crippen LogP contribution < -0.4 is 95.6 Å². The second-order valence-corrected chi connectivity index (χ2v) is 16.2. The molecular formula is C41H39N9Na2O12S2. The van der Waals surface area contributed by atoms with E-state index in [1.807, 2.05) is 6.92 Å². The molecule has 6 rings (SSSR count). The molecule has 0 saturated heterocycles. The van der Waals surface area contributed by atoms with Crippen molar-refractivity contribution in [2.45, 2.75) is 23.1 Å². The van der Waals surface area contributed by atoms with Crippen LogP contribution in [0.4, 0.5) is 51.2 Å². The van der Waals surface area contributed by atoms with E-state index in [-0.39, 0.29) is 119 Å². The fraction of sp³-hybridized carbons (Fsp3) is 0.171. The van der Waals surface area contributed by atoms with Crippen LogP contribution >= 0.6 is 0 Å². The van der Waals surface area contributed by atoms with Gasteiger partial charge in [-0.25, -0.2) is 8.42 Å². The molecule has 66 heavy (non-hydrogen) atoms. The maximum atomic E-state index is 13.8. The van der Waals surface area contributed by atoms with Gasteiger partial charge in [-0.15, -0.1) is 25.6 Å². The molecule has 0 heterocycles. The van der Waals surface area contributed by atoms with Crippen molar-refractivity contribution in [3.8, 4) is 34.1 Å². The topological polar surface area (TPSA) is 355 Å². The molecule has 0 spiro atoms. The van der Waals surface area contributed by atoms with Crippen LogP contribution in [-0.4, -0.2) is 69.2 Å². The van der Waals surface area contributed by atoms with Gasteiger partial charge in [0, 0.05) is 11.5 Å². The summed E-state index contributed by atoms with van der Waals surface area (Å²) < 4.78 is 89.7. The number of rotatable bonds is 18. The third kappa shape index (κ3) is 12.8. The molecule has 0 atom stereocenters. The molecule has 9 N–H and O–H groups in total. The maximum Gasteiger partial charge on any atom is 1.00 e. The summed E-state index contributed by atoms with van der Waals surface area (Å²) in [6.07, 6.45) is 0.749. The molecule has 0 bridgehead atoms. The Hall–Kier alpha value is -5.28. The zero-order valence-corrected chi connectivity index (χ0v) is 41.3. The molecule has 334 valence electrons. The minimum Gasteiger partial charge on any atom is -0.870 e. The monoisotopic (exact) mass is 959 g/mol. The van der Waals surface area contributed by atoms with Gasteiger partial charge in [-0.3, -0.25) is 4.55 Å². The molecule has 0 aromatic heterocycles. The van der Waals surface area contributed by atoms with E-state index in [0.29, 0.717) is 35.2 Å². The maximum absolute atomic E-state index is 13.8. The Balaban J connectivity index is 0.00000476. The van der Waals surface area contributed by atoms with Gasteiger partial charge in [-0.2, -0.15) is 13.5 Å². The summed E-state index contributed by atoms with van der Waals surface area (Å²) >= 11 is 0. The Bertz CT molecular complexity index is 3040. The molecule has 6 aromatic rings. The predicted octanol–water partition coefficient (Wildman–Crippen LogP) is 1.26. The minimum atomic E-state index is -5.44. The van der Waals surface area contributed by atoms with Crippen molar-refractivity contribution in [3.63, 3.8) is 0 Å². The van der Waals surface area contributed by atoms with E-state index in [1.165, 1.54) is 30.3 Å². The molecule has 0 aliphatic heterocycles. The summed E-state index contributed by atoms with van der Waals surface area (Å²) in [6, 6.07) is 21.7. The first-order valence-corrected chi connectivity index (χ1v) is 21.8. The van der Waals surface area contributed by atoms with E-state index < -0.39 is 70.2 Å². The predicted molar refractivity (Wildman–Crippen MR) is 233 cm³/mol. The number of nitrogens with zero attached hydrogens (tertiary/aromatic N) is 6. The average molecular weight is 960 g/mol. The summed E-state index contributed by atoms with van der Waals surface area (Å²) in [5, 5.41) is 56.3. The molecule has 0 aliphatic rings. The SMILES string of the molecule is CCCOc1cc(N=Nc2ccc(-c3ccc(N=Nc4c(S(=O)(=O)[O-])cc5cc(S(=O)(=O)O)c(N=Nc6ccccc6)c([O-])c5c4N)c(OCCO)c3)cc2OCCO)c(N)cc1N.[Na+].[Na+]. The minimum absolute atomic E-state index is 0. The van der Waals surface area contributed by atoms with Crippen molar-refractivity contribution < 1.29 is 115 Å². The van der Waals surface area contributed by atoms with E-state index in [4.69, 9.17) is 31.4 Å². The number of azo groups is 3. The molecule has 0 amide bonds. The van der Waals surface area contributed by atoms with E-state index in [1.54, 1.807) is 48.5 Å². The Labute approximate surface area is 422 Å². The summed E-state index contributed by atoms with van der Waals surface area (Å²) in [4.78, 5) is -2.10.